The van der Waals surface area contributed by atoms with Gasteiger partial charge in [0, 0.05) is 0 Å². The standard InChI is InChI=1S/C27H28N2O4S/c1-6-33-26(31)23-17(4)28-27-29(24(23)20-11-13-21(32-5)14-12-20)25(30)22(34-27)15-18-7-9-19(10-8-18)16(2)3/h7-16,24H,6H2,1-5H3/b22-15-. The number of thiazole rings is 1. The Morgan fingerprint density at radius 2 is 1.82 bits per heavy atom. The van der Waals surface area contributed by atoms with Gasteiger partial charge < -0.3 is 9.47 Å². The van der Waals surface area contributed by atoms with Crippen LogP contribution in [0.25, 0.3) is 6.08 Å². The van der Waals surface area contributed by atoms with Gasteiger partial charge in [0.25, 0.3) is 5.56 Å². The maximum atomic E-state index is 13.6. The minimum atomic E-state index is -0.633. The predicted molar refractivity (Wildman–Crippen MR) is 134 cm³/mol. The summed E-state index contributed by atoms with van der Waals surface area (Å²) < 4.78 is 12.8. The second-order valence-electron chi connectivity index (χ2n) is 8.40. The molecule has 0 saturated heterocycles. The summed E-state index contributed by atoms with van der Waals surface area (Å²) in [5, 5.41) is 0. The number of methoxy groups -OCH3 is 1. The van der Waals surface area contributed by atoms with Crippen LogP contribution in [0.5, 0.6) is 5.75 Å². The van der Waals surface area contributed by atoms with Crippen LogP contribution >= 0.6 is 11.3 Å². The van der Waals surface area contributed by atoms with Gasteiger partial charge in [0.1, 0.15) is 5.75 Å². The molecule has 6 nitrogen and oxygen atoms in total. The molecule has 0 saturated carbocycles. The molecular weight excluding hydrogens is 448 g/mol. The first-order valence-electron chi connectivity index (χ1n) is 11.3. The van der Waals surface area contributed by atoms with E-state index in [1.165, 1.54) is 16.9 Å². The largest absolute Gasteiger partial charge is 0.497 e. The van der Waals surface area contributed by atoms with Gasteiger partial charge in [-0.05, 0) is 54.7 Å². The second-order valence-corrected chi connectivity index (χ2v) is 9.41. The molecule has 0 radical (unpaired) electrons. The normalized spacial score (nSPS) is 15.8. The van der Waals surface area contributed by atoms with Crippen LogP contribution in [0.4, 0.5) is 0 Å². The number of carbonyl (C=O) groups is 1. The molecule has 7 heteroatoms. The van der Waals surface area contributed by atoms with Gasteiger partial charge in [0.05, 0.1) is 35.6 Å². The maximum absolute atomic E-state index is 13.6. The van der Waals surface area contributed by atoms with Gasteiger partial charge in [-0.15, -0.1) is 0 Å². The highest BCUT2D eigenvalue weighted by atomic mass is 32.1. The lowest BCUT2D eigenvalue weighted by Gasteiger charge is -2.24. The lowest BCUT2D eigenvalue weighted by molar-refractivity contribution is -0.139. The van der Waals surface area contributed by atoms with Crippen LogP contribution in [0.3, 0.4) is 0 Å². The Morgan fingerprint density at radius 1 is 1.15 bits per heavy atom. The van der Waals surface area contributed by atoms with Gasteiger partial charge in [-0.2, -0.15) is 0 Å². The molecule has 0 aliphatic carbocycles. The molecule has 0 fully saturated rings. The first-order valence-corrected chi connectivity index (χ1v) is 12.1. The number of hydrogen-bond donors (Lipinski definition) is 0. The van der Waals surface area contributed by atoms with Crippen LogP contribution in [0.1, 0.15) is 56.3 Å². The zero-order chi connectivity index (χ0) is 24.4. The van der Waals surface area contributed by atoms with Crippen molar-refractivity contribution in [1.29, 1.82) is 0 Å². The van der Waals surface area contributed by atoms with Gasteiger partial charge in [-0.25, -0.2) is 9.79 Å². The first-order chi connectivity index (χ1) is 16.3. The van der Waals surface area contributed by atoms with E-state index in [0.717, 1.165) is 11.1 Å². The Bertz CT molecular complexity index is 1410. The van der Waals surface area contributed by atoms with Gasteiger partial charge in [0.15, 0.2) is 4.80 Å². The van der Waals surface area contributed by atoms with E-state index in [-0.39, 0.29) is 12.2 Å². The van der Waals surface area contributed by atoms with E-state index in [4.69, 9.17) is 9.47 Å². The number of aromatic nitrogens is 1. The van der Waals surface area contributed by atoms with Crippen molar-refractivity contribution in [2.45, 2.75) is 39.7 Å². The Balaban J connectivity index is 1.89. The SMILES string of the molecule is CCOC(=O)C1=C(C)N=c2s/c(=C\c3ccc(C(C)C)cc3)c(=O)n2C1c1ccc(OC)cc1. The lowest BCUT2D eigenvalue weighted by Crippen LogP contribution is -2.39. The van der Waals surface area contributed by atoms with Crippen LogP contribution in [-0.2, 0) is 9.53 Å². The van der Waals surface area contributed by atoms with E-state index in [2.05, 4.69) is 31.0 Å². The molecular formula is C27H28N2O4S. The van der Waals surface area contributed by atoms with Crippen molar-refractivity contribution in [3.8, 4) is 5.75 Å². The molecule has 0 spiro atoms. The van der Waals surface area contributed by atoms with Crippen LogP contribution in [0, 0.1) is 0 Å². The summed E-state index contributed by atoms with van der Waals surface area (Å²) in [5.74, 6) is 0.663. The summed E-state index contributed by atoms with van der Waals surface area (Å²) in [6, 6.07) is 14.9. The minimum Gasteiger partial charge on any atom is -0.497 e. The van der Waals surface area contributed by atoms with Crippen LogP contribution < -0.4 is 19.6 Å². The Hall–Kier alpha value is -3.45. The number of carbonyl (C=O) groups excluding carboxylic acids is 1. The zero-order valence-electron chi connectivity index (χ0n) is 20.0. The predicted octanol–water partition coefficient (Wildman–Crippen LogP) is 3.93. The van der Waals surface area contributed by atoms with Crippen molar-refractivity contribution in [3.05, 3.63) is 96.2 Å². The smallest absolute Gasteiger partial charge is 0.338 e. The van der Waals surface area contributed by atoms with E-state index >= 15 is 0 Å². The van der Waals surface area contributed by atoms with Gasteiger partial charge >= 0.3 is 5.97 Å². The van der Waals surface area contributed by atoms with Crippen LogP contribution in [0.2, 0.25) is 0 Å². The van der Waals surface area contributed by atoms with Crippen molar-refractivity contribution in [2.75, 3.05) is 13.7 Å². The molecule has 1 atom stereocenters. The minimum absolute atomic E-state index is 0.188. The molecule has 3 aromatic rings. The van der Waals surface area contributed by atoms with Crippen molar-refractivity contribution in [1.82, 2.24) is 4.57 Å². The third-order valence-electron chi connectivity index (χ3n) is 5.85. The Labute approximate surface area is 202 Å². The number of benzene rings is 2. The molecule has 1 aromatic heterocycles. The Kier molecular flexibility index (Phi) is 6.84. The fourth-order valence-corrected chi connectivity index (χ4v) is 5.07. The summed E-state index contributed by atoms with van der Waals surface area (Å²) in [5.41, 5.74) is 3.70. The number of ether oxygens (including phenoxy) is 2. The summed E-state index contributed by atoms with van der Waals surface area (Å²) in [6.45, 7) is 8.08. The van der Waals surface area contributed by atoms with Gasteiger partial charge in [0.2, 0.25) is 0 Å². The quantitative estimate of drug-likeness (QED) is 0.506. The molecule has 1 aliphatic rings. The average molecular weight is 477 g/mol. The zero-order valence-corrected chi connectivity index (χ0v) is 20.8. The topological polar surface area (TPSA) is 69.9 Å². The third-order valence-corrected chi connectivity index (χ3v) is 6.83. The van der Waals surface area contributed by atoms with E-state index in [0.29, 0.717) is 32.3 Å². The number of hydrogen-bond acceptors (Lipinski definition) is 6. The lowest BCUT2D eigenvalue weighted by atomic mass is 9.96. The molecule has 34 heavy (non-hydrogen) atoms. The third kappa shape index (κ3) is 4.48. The summed E-state index contributed by atoms with van der Waals surface area (Å²) in [4.78, 5) is 31.7. The van der Waals surface area contributed by atoms with Crippen LogP contribution in [-0.4, -0.2) is 24.3 Å². The summed E-state index contributed by atoms with van der Waals surface area (Å²) in [6.07, 6.45) is 1.88. The average Bonchev–Trinajstić information content (AvgIpc) is 3.13. The van der Waals surface area contributed by atoms with E-state index < -0.39 is 12.0 Å². The fraction of sp³-hybridized carbons (Fsp3) is 0.296. The second kappa shape index (κ2) is 9.81. The van der Waals surface area contributed by atoms with E-state index in [1.807, 2.05) is 42.5 Å². The highest BCUT2D eigenvalue weighted by molar-refractivity contribution is 7.07. The number of rotatable bonds is 6. The maximum Gasteiger partial charge on any atom is 0.338 e. The number of nitrogens with zero attached hydrogens (tertiary/aromatic N) is 2. The highest BCUT2D eigenvalue weighted by Crippen LogP contribution is 2.31. The van der Waals surface area contributed by atoms with Crippen molar-refractivity contribution >= 4 is 23.4 Å². The van der Waals surface area contributed by atoms with Crippen molar-refractivity contribution in [3.63, 3.8) is 0 Å². The van der Waals surface area contributed by atoms with Gasteiger partial charge in [-0.3, -0.25) is 9.36 Å². The van der Waals surface area contributed by atoms with Gasteiger partial charge in [-0.1, -0.05) is 61.6 Å². The monoisotopic (exact) mass is 476 g/mol. The molecule has 0 amide bonds. The molecule has 1 aliphatic heterocycles. The number of allylic oxidation sites excluding steroid dienone is 1. The first kappa shape index (κ1) is 23.7. The van der Waals surface area contributed by atoms with Crippen molar-refractivity contribution < 1.29 is 14.3 Å². The molecule has 176 valence electrons. The molecule has 4 rings (SSSR count). The summed E-state index contributed by atoms with van der Waals surface area (Å²) >= 11 is 1.32. The van der Waals surface area contributed by atoms with E-state index in [9.17, 15) is 9.59 Å². The fourth-order valence-electron chi connectivity index (χ4n) is 4.02. The molecule has 2 heterocycles. The highest BCUT2D eigenvalue weighted by Gasteiger charge is 2.33. The van der Waals surface area contributed by atoms with E-state index in [1.54, 1.807) is 25.5 Å². The number of esters is 1. The van der Waals surface area contributed by atoms with Crippen LogP contribution in [0.15, 0.2) is 69.6 Å². The molecule has 0 bridgehead atoms. The Morgan fingerprint density at radius 3 is 2.41 bits per heavy atom. The summed E-state index contributed by atoms with van der Waals surface area (Å²) in [7, 11) is 1.60. The van der Waals surface area contributed by atoms with Crippen molar-refractivity contribution in [2.24, 2.45) is 4.99 Å². The number of fused-ring (bicyclic) bond motifs is 1. The molecule has 2 aromatic carbocycles. The molecule has 1 unspecified atom stereocenters. The molecule has 0 N–H and O–H groups in total.